The summed E-state index contributed by atoms with van der Waals surface area (Å²) in [6, 6.07) is 1.54. The van der Waals surface area contributed by atoms with Crippen LogP contribution in [0.2, 0.25) is 0 Å². The third-order valence-corrected chi connectivity index (χ3v) is 4.21. The van der Waals surface area contributed by atoms with Gasteiger partial charge in [-0.2, -0.15) is 5.10 Å². The average Bonchev–Trinajstić information content (AvgIpc) is 2.95. The van der Waals surface area contributed by atoms with Crippen LogP contribution >= 0.6 is 0 Å². The standard InChI is InChI=1S/C15H26N4/c1-2-8-19-11-13(9-17-19)10-18(15-5-6-15)12-14-4-3-7-16-14/h9,11,14-16H,2-8,10,12H2,1H3/t14-/m0/s1. The zero-order valence-electron chi connectivity index (χ0n) is 12.0. The topological polar surface area (TPSA) is 33.1 Å². The molecule has 1 aliphatic heterocycles. The van der Waals surface area contributed by atoms with E-state index in [9.17, 15) is 0 Å². The van der Waals surface area contributed by atoms with E-state index in [-0.39, 0.29) is 0 Å². The number of hydrogen-bond acceptors (Lipinski definition) is 3. The zero-order valence-corrected chi connectivity index (χ0v) is 12.0. The van der Waals surface area contributed by atoms with Crippen molar-refractivity contribution < 1.29 is 0 Å². The predicted molar refractivity (Wildman–Crippen MR) is 77.0 cm³/mol. The van der Waals surface area contributed by atoms with Crippen molar-refractivity contribution >= 4 is 0 Å². The number of rotatable bonds is 7. The van der Waals surface area contributed by atoms with Crippen molar-refractivity contribution in [2.45, 2.75) is 64.2 Å². The van der Waals surface area contributed by atoms with Crippen LogP contribution < -0.4 is 5.32 Å². The monoisotopic (exact) mass is 262 g/mol. The molecule has 1 saturated carbocycles. The summed E-state index contributed by atoms with van der Waals surface area (Å²) < 4.78 is 2.08. The fraction of sp³-hybridized carbons (Fsp3) is 0.800. The number of nitrogens with zero attached hydrogens (tertiary/aromatic N) is 3. The highest BCUT2D eigenvalue weighted by Gasteiger charge is 2.31. The third kappa shape index (κ3) is 3.57. The molecule has 2 heterocycles. The highest BCUT2D eigenvalue weighted by molar-refractivity contribution is 5.05. The molecule has 0 spiro atoms. The lowest BCUT2D eigenvalue weighted by Gasteiger charge is -2.25. The fourth-order valence-corrected chi connectivity index (χ4v) is 3.05. The Hall–Kier alpha value is -0.870. The summed E-state index contributed by atoms with van der Waals surface area (Å²) in [5.74, 6) is 0. The van der Waals surface area contributed by atoms with Gasteiger partial charge in [-0.25, -0.2) is 0 Å². The normalized spacial score (nSPS) is 23.4. The van der Waals surface area contributed by atoms with E-state index in [1.54, 1.807) is 0 Å². The molecule has 0 bridgehead atoms. The van der Waals surface area contributed by atoms with E-state index >= 15 is 0 Å². The first-order chi connectivity index (χ1) is 9.35. The molecular formula is C15H26N4. The maximum atomic E-state index is 4.44. The van der Waals surface area contributed by atoms with E-state index in [2.05, 4.69) is 33.1 Å². The maximum absolute atomic E-state index is 4.44. The minimum Gasteiger partial charge on any atom is -0.313 e. The van der Waals surface area contributed by atoms with Gasteiger partial charge in [-0.05, 0) is 38.6 Å². The second kappa shape index (κ2) is 6.06. The van der Waals surface area contributed by atoms with Gasteiger partial charge in [0.25, 0.3) is 0 Å². The van der Waals surface area contributed by atoms with E-state index in [4.69, 9.17) is 0 Å². The summed E-state index contributed by atoms with van der Waals surface area (Å²) in [7, 11) is 0. The molecule has 1 N–H and O–H groups in total. The molecule has 0 radical (unpaired) electrons. The van der Waals surface area contributed by atoms with Crippen molar-refractivity contribution in [3.8, 4) is 0 Å². The first-order valence-electron chi connectivity index (χ1n) is 7.84. The Morgan fingerprint density at radius 1 is 1.42 bits per heavy atom. The molecule has 0 aromatic carbocycles. The van der Waals surface area contributed by atoms with Crippen molar-refractivity contribution in [3.05, 3.63) is 18.0 Å². The molecular weight excluding hydrogens is 236 g/mol. The van der Waals surface area contributed by atoms with Crippen LogP contribution in [-0.4, -0.2) is 39.9 Å². The average molecular weight is 262 g/mol. The van der Waals surface area contributed by atoms with Crippen LogP contribution in [0.5, 0.6) is 0 Å². The number of hydrogen-bond donors (Lipinski definition) is 1. The lowest BCUT2D eigenvalue weighted by Crippen LogP contribution is -2.38. The van der Waals surface area contributed by atoms with Gasteiger partial charge in [0.2, 0.25) is 0 Å². The van der Waals surface area contributed by atoms with Crippen LogP contribution in [0, 0.1) is 0 Å². The van der Waals surface area contributed by atoms with Gasteiger partial charge in [0.05, 0.1) is 6.20 Å². The molecule has 19 heavy (non-hydrogen) atoms. The summed E-state index contributed by atoms with van der Waals surface area (Å²) in [5, 5.41) is 8.06. The van der Waals surface area contributed by atoms with Crippen LogP contribution in [0.4, 0.5) is 0 Å². The molecule has 3 rings (SSSR count). The van der Waals surface area contributed by atoms with Crippen LogP contribution in [0.3, 0.4) is 0 Å². The Morgan fingerprint density at radius 3 is 3.00 bits per heavy atom. The fourth-order valence-electron chi connectivity index (χ4n) is 3.05. The largest absolute Gasteiger partial charge is 0.313 e. The van der Waals surface area contributed by atoms with E-state index in [1.807, 2.05) is 6.20 Å². The molecule has 1 saturated heterocycles. The third-order valence-electron chi connectivity index (χ3n) is 4.21. The molecule has 4 heteroatoms. The van der Waals surface area contributed by atoms with Crippen molar-refractivity contribution in [3.63, 3.8) is 0 Å². The molecule has 106 valence electrons. The minimum atomic E-state index is 0.714. The number of aryl methyl sites for hydroxylation is 1. The van der Waals surface area contributed by atoms with Gasteiger partial charge in [0, 0.05) is 43.5 Å². The number of nitrogens with one attached hydrogen (secondary N) is 1. The molecule has 0 unspecified atom stereocenters. The van der Waals surface area contributed by atoms with Gasteiger partial charge >= 0.3 is 0 Å². The summed E-state index contributed by atoms with van der Waals surface area (Å²) in [5.41, 5.74) is 1.37. The van der Waals surface area contributed by atoms with Crippen LogP contribution in [0.1, 0.15) is 44.6 Å². The van der Waals surface area contributed by atoms with Crippen LogP contribution in [0.25, 0.3) is 0 Å². The molecule has 0 amide bonds. The Kier molecular flexibility index (Phi) is 4.18. The number of aromatic nitrogens is 2. The van der Waals surface area contributed by atoms with Crippen molar-refractivity contribution in [1.29, 1.82) is 0 Å². The van der Waals surface area contributed by atoms with Gasteiger partial charge in [-0.3, -0.25) is 9.58 Å². The van der Waals surface area contributed by atoms with Crippen LogP contribution in [0.15, 0.2) is 12.4 Å². The SMILES string of the molecule is CCCn1cc(CN(C[C@@H]2CCCN2)C2CC2)cn1. The molecule has 2 fully saturated rings. The predicted octanol–water partition coefficient (Wildman–Crippen LogP) is 2.01. The Morgan fingerprint density at radius 2 is 2.32 bits per heavy atom. The molecule has 1 atom stereocenters. The minimum absolute atomic E-state index is 0.714. The Balaban J connectivity index is 1.56. The summed E-state index contributed by atoms with van der Waals surface area (Å²) >= 11 is 0. The summed E-state index contributed by atoms with van der Waals surface area (Å²) in [4.78, 5) is 2.66. The van der Waals surface area contributed by atoms with E-state index in [1.165, 1.54) is 44.3 Å². The van der Waals surface area contributed by atoms with E-state index < -0.39 is 0 Å². The first kappa shape index (κ1) is 13.1. The van der Waals surface area contributed by atoms with Gasteiger partial charge in [0.1, 0.15) is 0 Å². The van der Waals surface area contributed by atoms with Gasteiger partial charge in [-0.1, -0.05) is 6.92 Å². The quantitative estimate of drug-likeness (QED) is 0.816. The molecule has 1 aliphatic carbocycles. The second-order valence-corrected chi connectivity index (χ2v) is 6.07. The van der Waals surface area contributed by atoms with Crippen LogP contribution in [-0.2, 0) is 13.1 Å². The van der Waals surface area contributed by atoms with Gasteiger partial charge < -0.3 is 5.32 Å². The lowest BCUT2D eigenvalue weighted by atomic mass is 10.2. The van der Waals surface area contributed by atoms with E-state index in [0.717, 1.165) is 25.6 Å². The highest BCUT2D eigenvalue weighted by atomic mass is 15.3. The summed E-state index contributed by atoms with van der Waals surface area (Å²) in [6.45, 7) is 6.73. The highest BCUT2D eigenvalue weighted by Crippen LogP contribution is 2.29. The maximum Gasteiger partial charge on any atom is 0.0534 e. The smallest absolute Gasteiger partial charge is 0.0534 e. The van der Waals surface area contributed by atoms with E-state index in [0.29, 0.717) is 6.04 Å². The van der Waals surface area contributed by atoms with Gasteiger partial charge in [-0.15, -0.1) is 0 Å². The van der Waals surface area contributed by atoms with Crippen molar-refractivity contribution in [1.82, 2.24) is 20.0 Å². The Bertz CT molecular complexity index is 391. The zero-order chi connectivity index (χ0) is 13.1. The molecule has 2 aliphatic rings. The van der Waals surface area contributed by atoms with Crippen molar-refractivity contribution in [2.75, 3.05) is 13.1 Å². The van der Waals surface area contributed by atoms with Crippen molar-refractivity contribution in [2.24, 2.45) is 0 Å². The van der Waals surface area contributed by atoms with Gasteiger partial charge in [0.15, 0.2) is 0 Å². The molecule has 4 nitrogen and oxygen atoms in total. The lowest BCUT2D eigenvalue weighted by molar-refractivity contribution is 0.231. The molecule has 1 aromatic heterocycles. The summed E-state index contributed by atoms with van der Waals surface area (Å²) in [6.07, 6.45) is 10.9. The second-order valence-electron chi connectivity index (χ2n) is 6.07. The molecule has 1 aromatic rings. The Labute approximate surface area is 116 Å². The first-order valence-corrected chi connectivity index (χ1v) is 7.84.